The molecule has 0 atom stereocenters. The maximum atomic E-state index is 12.9. The molecule has 39 heavy (non-hydrogen) atoms. The summed E-state index contributed by atoms with van der Waals surface area (Å²) < 4.78 is 7.09. The van der Waals surface area contributed by atoms with Gasteiger partial charge in [0, 0.05) is 30.0 Å². The van der Waals surface area contributed by atoms with Crippen LogP contribution in [0.5, 0.6) is 0 Å². The smallest absolute Gasteiger partial charge is 0.412 e. The van der Waals surface area contributed by atoms with Crippen molar-refractivity contribution in [3.05, 3.63) is 72.6 Å². The van der Waals surface area contributed by atoms with Gasteiger partial charge in [0.1, 0.15) is 11.3 Å². The fourth-order valence-electron chi connectivity index (χ4n) is 3.37. The van der Waals surface area contributed by atoms with Crippen LogP contribution >= 0.6 is 0 Å². The lowest BCUT2D eigenvalue weighted by molar-refractivity contribution is 0.0557. The van der Waals surface area contributed by atoms with Crippen LogP contribution < -0.4 is 21.7 Å². The van der Waals surface area contributed by atoms with Crippen molar-refractivity contribution >= 4 is 35.0 Å². The summed E-state index contributed by atoms with van der Waals surface area (Å²) in [6.45, 7) is 7.63. The van der Waals surface area contributed by atoms with Gasteiger partial charge in [-0.25, -0.2) is 19.4 Å². The molecule has 0 saturated heterocycles. The normalized spacial score (nSPS) is 11.2. The van der Waals surface area contributed by atoms with E-state index in [2.05, 4.69) is 36.2 Å². The Morgan fingerprint density at radius 2 is 1.69 bits per heavy atom. The molecule has 12 nitrogen and oxygen atoms in total. The fourth-order valence-corrected chi connectivity index (χ4v) is 3.37. The third-order valence-corrected chi connectivity index (χ3v) is 5.63. The van der Waals surface area contributed by atoms with E-state index in [9.17, 15) is 9.59 Å². The number of aromatic nitrogens is 5. The second-order valence-corrected chi connectivity index (χ2v) is 9.62. The predicted molar refractivity (Wildman–Crippen MR) is 149 cm³/mol. The highest BCUT2D eigenvalue weighted by Gasteiger charge is 2.21. The highest BCUT2D eigenvalue weighted by atomic mass is 16.6. The molecule has 0 aliphatic carbocycles. The highest BCUT2D eigenvalue weighted by molar-refractivity contribution is 6.07. The molecular weight excluding hydrogens is 498 g/mol. The van der Waals surface area contributed by atoms with Crippen LogP contribution in [0.25, 0.3) is 11.4 Å². The molecule has 2 aromatic heterocycles. The molecule has 2 amide bonds. The molecule has 2 heterocycles. The van der Waals surface area contributed by atoms with Crippen molar-refractivity contribution in [2.24, 2.45) is 5.73 Å². The summed E-state index contributed by atoms with van der Waals surface area (Å²) in [7, 11) is 0. The summed E-state index contributed by atoms with van der Waals surface area (Å²) in [6.07, 6.45) is 2.80. The molecule has 0 aliphatic heterocycles. The van der Waals surface area contributed by atoms with Crippen molar-refractivity contribution < 1.29 is 14.3 Å². The first kappa shape index (κ1) is 27.2. The molecule has 0 fully saturated rings. The van der Waals surface area contributed by atoms with Gasteiger partial charge < -0.3 is 21.1 Å². The van der Waals surface area contributed by atoms with Crippen LogP contribution in [-0.4, -0.2) is 49.1 Å². The molecular formula is C27H31N9O3. The van der Waals surface area contributed by atoms with E-state index in [1.807, 2.05) is 20.0 Å². The maximum absolute atomic E-state index is 12.9. The lowest BCUT2D eigenvalue weighted by Crippen LogP contribution is -2.37. The number of carbonyl (C=O) groups is 2. The quantitative estimate of drug-likeness (QED) is 0.243. The van der Waals surface area contributed by atoms with Gasteiger partial charge in [-0.3, -0.25) is 10.1 Å². The standard InChI is InChI=1S/C27H31N9O3/c1-17(2)36-15-23(34-35-36)22-13-14-29-25(32-22)30-19-11-9-18(10-12-19)24(37)31-20-7-5-6-8-21(20)33-26(38)39-27(3,4)16-28/h5-15,17H,16,28H2,1-4H3,(H,31,37)(H,33,38)(H,29,30,32). The molecule has 0 bridgehead atoms. The summed E-state index contributed by atoms with van der Waals surface area (Å²) in [5, 5.41) is 16.9. The lowest BCUT2D eigenvalue weighted by atomic mass is 10.1. The van der Waals surface area contributed by atoms with Crippen LogP contribution in [0.15, 0.2) is 67.0 Å². The Balaban J connectivity index is 1.41. The number of ether oxygens (including phenoxy) is 1. The van der Waals surface area contributed by atoms with Crippen LogP contribution in [-0.2, 0) is 4.74 Å². The van der Waals surface area contributed by atoms with Gasteiger partial charge in [-0.2, -0.15) is 0 Å². The van der Waals surface area contributed by atoms with Gasteiger partial charge in [0.05, 0.1) is 23.3 Å². The van der Waals surface area contributed by atoms with E-state index in [0.717, 1.165) is 0 Å². The molecule has 0 saturated carbocycles. The molecule has 0 aliphatic rings. The maximum Gasteiger partial charge on any atom is 0.412 e. The van der Waals surface area contributed by atoms with Gasteiger partial charge in [-0.05, 0) is 70.2 Å². The highest BCUT2D eigenvalue weighted by Crippen LogP contribution is 2.24. The largest absolute Gasteiger partial charge is 0.442 e. The Hall–Kier alpha value is -4.84. The van der Waals surface area contributed by atoms with Crippen molar-refractivity contribution in [1.29, 1.82) is 0 Å². The zero-order valence-electron chi connectivity index (χ0n) is 22.2. The van der Waals surface area contributed by atoms with Gasteiger partial charge in [0.15, 0.2) is 0 Å². The van der Waals surface area contributed by atoms with Crippen molar-refractivity contribution in [2.75, 3.05) is 22.5 Å². The van der Waals surface area contributed by atoms with E-state index >= 15 is 0 Å². The summed E-state index contributed by atoms with van der Waals surface area (Å²) in [5.41, 5.74) is 8.02. The fraction of sp³-hybridized carbons (Fsp3) is 0.259. The van der Waals surface area contributed by atoms with E-state index in [0.29, 0.717) is 40.0 Å². The Morgan fingerprint density at radius 3 is 2.33 bits per heavy atom. The van der Waals surface area contributed by atoms with Gasteiger partial charge in [-0.1, -0.05) is 17.3 Å². The van der Waals surface area contributed by atoms with Crippen molar-refractivity contribution in [3.63, 3.8) is 0 Å². The Morgan fingerprint density at radius 1 is 1.00 bits per heavy atom. The number of carbonyl (C=O) groups excluding carboxylic acids is 2. The van der Waals surface area contributed by atoms with Crippen LogP contribution in [0.4, 0.5) is 27.8 Å². The van der Waals surface area contributed by atoms with E-state index in [1.54, 1.807) is 79.3 Å². The molecule has 0 spiro atoms. The topological polar surface area (TPSA) is 162 Å². The van der Waals surface area contributed by atoms with Crippen molar-refractivity contribution in [1.82, 2.24) is 25.0 Å². The Labute approximate surface area is 226 Å². The first-order chi connectivity index (χ1) is 18.6. The zero-order valence-corrected chi connectivity index (χ0v) is 22.2. The average Bonchev–Trinajstić information content (AvgIpc) is 3.41. The second-order valence-electron chi connectivity index (χ2n) is 9.62. The number of nitrogens with zero attached hydrogens (tertiary/aromatic N) is 5. The van der Waals surface area contributed by atoms with Crippen LogP contribution in [0.3, 0.4) is 0 Å². The third-order valence-electron chi connectivity index (χ3n) is 5.63. The molecule has 4 rings (SSSR count). The van der Waals surface area contributed by atoms with Crippen LogP contribution in [0, 0.1) is 0 Å². The van der Waals surface area contributed by atoms with Gasteiger partial charge >= 0.3 is 6.09 Å². The van der Waals surface area contributed by atoms with E-state index < -0.39 is 11.7 Å². The average molecular weight is 530 g/mol. The summed E-state index contributed by atoms with van der Waals surface area (Å²) >= 11 is 0. The number of rotatable bonds is 9. The number of para-hydroxylation sites is 2. The molecule has 12 heteroatoms. The first-order valence-corrected chi connectivity index (χ1v) is 12.4. The van der Waals surface area contributed by atoms with Crippen molar-refractivity contribution in [3.8, 4) is 11.4 Å². The van der Waals surface area contributed by atoms with E-state index in [-0.39, 0.29) is 18.5 Å². The Bertz CT molecular complexity index is 1450. The van der Waals surface area contributed by atoms with Gasteiger partial charge in [0.2, 0.25) is 5.95 Å². The number of nitrogens with one attached hydrogen (secondary N) is 3. The minimum atomic E-state index is -0.821. The van der Waals surface area contributed by atoms with Gasteiger partial charge in [0.25, 0.3) is 5.91 Å². The lowest BCUT2D eigenvalue weighted by Gasteiger charge is -2.23. The molecule has 0 unspecified atom stereocenters. The van der Waals surface area contributed by atoms with E-state index in [1.165, 1.54) is 0 Å². The third kappa shape index (κ3) is 7.14. The minimum absolute atomic E-state index is 0.169. The summed E-state index contributed by atoms with van der Waals surface area (Å²) in [6, 6.07) is 15.6. The number of nitrogens with two attached hydrogens (primary N) is 1. The SMILES string of the molecule is CC(C)n1cc(-c2ccnc(Nc3ccc(C(=O)Nc4ccccc4NC(=O)OC(C)(C)CN)cc3)n2)nn1. The Kier molecular flexibility index (Phi) is 8.15. The zero-order chi connectivity index (χ0) is 28.0. The summed E-state index contributed by atoms with van der Waals surface area (Å²) in [4.78, 5) is 34.0. The van der Waals surface area contributed by atoms with Crippen molar-refractivity contribution in [2.45, 2.75) is 39.3 Å². The second kappa shape index (κ2) is 11.7. The number of amides is 2. The molecule has 202 valence electrons. The minimum Gasteiger partial charge on any atom is -0.442 e. The summed E-state index contributed by atoms with van der Waals surface area (Å²) in [5.74, 6) is 0.0337. The first-order valence-electron chi connectivity index (χ1n) is 12.4. The predicted octanol–water partition coefficient (Wildman–Crippen LogP) is 4.60. The molecule has 2 aromatic carbocycles. The molecule has 5 N–H and O–H groups in total. The number of hydrogen-bond acceptors (Lipinski definition) is 9. The van der Waals surface area contributed by atoms with Crippen LogP contribution in [0.2, 0.25) is 0 Å². The monoisotopic (exact) mass is 529 g/mol. The molecule has 4 aromatic rings. The van der Waals surface area contributed by atoms with Crippen LogP contribution in [0.1, 0.15) is 44.1 Å². The van der Waals surface area contributed by atoms with E-state index in [4.69, 9.17) is 10.5 Å². The number of hydrogen-bond donors (Lipinski definition) is 4. The number of benzene rings is 2. The van der Waals surface area contributed by atoms with Gasteiger partial charge in [-0.15, -0.1) is 5.10 Å². The number of anilines is 4. The molecule has 0 radical (unpaired) electrons.